The average Bonchev–Trinajstić information content (AvgIpc) is 2.33. The molecule has 1 fully saturated rings. The first kappa shape index (κ1) is 10.9. The summed E-state index contributed by atoms with van der Waals surface area (Å²) in [5, 5.41) is 0. The Balaban J connectivity index is 2.76. The molecule has 1 aliphatic heterocycles. The van der Waals surface area contributed by atoms with Crippen LogP contribution < -0.4 is 5.73 Å². The maximum absolute atomic E-state index is 6.03. The molecule has 1 aliphatic rings. The minimum absolute atomic E-state index is 0.0454. The van der Waals surface area contributed by atoms with Gasteiger partial charge in [0.1, 0.15) is 5.84 Å². The summed E-state index contributed by atoms with van der Waals surface area (Å²) in [7, 11) is 0. The van der Waals surface area contributed by atoms with Crippen LogP contribution in [0.5, 0.6) is 0 Å². The highest BCUT2D eigenvalue weighted by Gasteiger charge is 2.34. The molecule has 2 nitrogen and oxygen atoms in total. The van der Waals surface area contributed by atoms with Gasteiger partial charge in [0, 0.05) is 0 Å². The van der Waals surface area contributed by atoms with Crippen LogP contribution in [0.1, 0.15) is 40.5 Å². The number of thioether (sulfide) groups is 1. The monoisotopic (exact) mass is 200 g/mol. The summed E-state index contributed by atoms with van der Waals surface area (Å²) >= 11 is 1.94. The highest BCUT2D eigenvalue weighted by atomic mass is 32.2. The molecule has 0 bridgehead atoms. The van der Waals surface area contributed by atoms with Crippen molar-refractivity contribution in [3.63, 3.8) is 0 Å². The Hall–Kier alpha value is -0.180. The summed E-state index contributed by atoms with van der Waals surface area (Å²) in [6.45, 7) is 8.46. The predicted molar refractivity (Wildman–Crippen MR) is 61.5 cm³/mol. The van der Waals surface area contributed by atoms with Crippen molar-refractivity contribution in [2.24, 2.45) is 10.7 Å². The third kappa shape index (κ3) is 2.90. The third-order valence-corrected chi connectivity index (χ3v) is 3.76. The van der Waals surface area contributed by atoms with Crippen LogP contribution in [0.15, 0.2) is 4.99 Å². The fourth-order valence-corrected chi connectivity index (χ4v) is 2.68. The number of rotatable bonds is 1. The van der Waals surface area contributed by atoms with Gasteiger partial charge in [-0.25, -0.2) is 0 Å². The number of aliphatic imine (C=N–C) groups is 1. The van der Waals surface area contributed by atoms with Crippen molar-refractivity contribution in [3.05, 3.63) is 0 Å². The molecule has 0 aliphatic carbocycles. The first-order valence-electron chi connectivity index (χ1n) is 4.83. The van der Waals surface area contributed by atoms with Crippen LogP contribution in [0.2, 0.25) is 0 Å². The quantitative estimate of drug-likeness (QED) is 0.521. The van der Waals surface area contributed by atoms with E-state index in [2.05, 4.69) is 32.7 Å². The Kier molecular flexibility index (Phi) is 2.95. The first-order valence-corrected chi connectivity index (χ1v) is 5.82. The maximum Gasteiger partial charge on any atom is 0.110 e. The second-order valence-corrected chi connectivity index (χ2v) is 6.45. The number of hydrogen-bond acceptors (Lipinski definition) is 2. The zero-order valence-electron chi connectivity index (χ0n) is 9.05. The number of hydrogen-bond donors (Lipinski definition) is 1. The van der Waals surface area contributed by atoms with E-state index in [1.54, 1.807) is 0 Å². The van der Waals surface area contributed by atoms with E-state index in [9.17, 15) is 0 Å². The average molecular weight is 200 g/mol. The van der Waals surface area contributed by atoms with Gasteiger partial charge in [0.05, 0.1) is 10.3 Å². The Bertz CT molecular complexity index is 209. The number of amidine groups is 1. The third-order valence-electron chi connectivity index (χ3n) is 2.22. The summed E-state index contributed by atoms with van der Waals surface area (Å²) in [5.41, 5.74) is 5.98. The van der Waals surface area contributed by atoms with Crippen molar-refractivity contribution in [3.8, 4) is 0 Å². The molecule has 1 atom stereocenters. The zero-order chi connectivity index (χ0) is 10.1. The van der Waals surface area contributed by atoms with E-state index in [0.29, 0.717) is 0 Å². The van der Waals surface area contributed by atoms with Crippen LogP contribution in [0.4, 0.5) is 0 Å². The Morgan fingerprint density at radius 2 is 2.08 bits per heavy atom. The molecule has 0 spiro atoms. The van der Waals surface area contributed by atoms with Gasteiger partial charge in [0.25, 0.3) is 0 Å². The molecule has 3 heteroatoms. The molecular weight excluding hydrogens is 180 g/mol. The molecule has 0 radical (unpaired) electrons. The summed E-state index contributed by atoms with van der Waals surface area (Å²) in [6, 6.07) is 0. The molecule has 13 heavy (non-hydrogen) atoms. The molecule has 0 aromatic carbocycles. The highest BCUT2D eigenvalue weighted by molar-refractivity contribution is 8.01. The van der Waals surface area contributed by atoms with Crippen molar-refractivity contribution in [2.45, 2.75) is 50.8 Å². The van der Waals surface area contributed by atoms with Gasteiger partial charge in [-0.05, 0) is 46.3 Å². The van der Waals surface area contributed by atoms with E-state index in [1.165, 1.54) is 18.6 Å². The molecule has 0 aromatic heterocycles. The fourth-order valence-electron chi connectivity index (χ4n) is 1.46. The number of nitrogens with zero attached hydrogens (tertiary/aromatic N) is 1. The Morgan fingerprint density at radius 3 is 2.46 bits per heavy atom. The van der Waals surface area contributed by atoms with Gasteiger partial charge in [0.2, 0.25) is 0 Å². The molecule has 1 saturated heterocycles. The van der Waals surface area contributed by atoms with Crippen molar-refractivity contribution in [2.75, 3.05) is 5.75 Å². The molecule has 1 rings (SSSR count). The van der Waals surface area contributed by atoms with Gasteiger partial charge in [-0.2, -0.15) is 0 Å². The van der Waals surface area contributed by atoms with Crippen LogP contribution in [0, 0.1) is 0 Å². The van der Waals surface area contributed by atoms with E-state index < -0.39 is 0 Å². The van der Waals surface area contributed by atoms with Gasteiger partial charge >= 0.3 is 0 Å². The van der Waals surface area contributed by atoms with Crippen LogP contribution in [-0.4, -0.2) is 21.9 Å². The molecule has 0 saturated carbocycles. The van der Waals surface area contributed by atoms with Crippen LogP contribution in [0.25, 0.3) is 0 Å². The molecule has 0 amide bonds. The Labute approximate surface area is 85.4 Å². The van der Waals surface area contributed by atoms with Gasteiger partial charge in [-0.3, -0.25) is 4.99 Å². The summed E-state index contributed by atoms with van der Waals surface area (Å²) < 4.78 is 0.104. The molecular formula is C10H20N2S. The van der Waals surface area contributed by atoms with Crippen molar-refractivity contribution < 1.29 is 0 Å². The Morgan fingerprint density at radius 1 is 1.46 bits per heavy atom. The maximum atomic E-state index is 6.03. The van der Waals surface area contributed by atoms with Crippen LogP contribution >= 0.6 is 11.8 Å². The fraction of sp³-hybridized carbons (Fsp3) is 0.900. The molecule has 2 N–H and O–H groups in total. The van der Waals surface area contributed by atoms with Crippen LogP contribution in [-0.2, 0) is 0 Å². The smallest absolute Gasteiger partial charge is 0.110 e. The van der Waals surface area contributed by atoms with Crippen molar-refractivity contribution in [1.82, 2.24) is 0 Å². The van der Waals surface area contributed by atoms with Gasteiger partial charge in [-0.1, -0.05) is 0 Å². The first-order chi connectivity index (χ1) is 5.83. The van der Waals surface area contributed by atoms with Crippen molar-refractivity contribution in [1.29, 1.82) is 0 Å². The molecule has 76 valence electrons. The summed E-state index contributed by atoms with van der Waals surface area (Å²) in [4.78, 5) is 4.54. The van der Waals surface area contributed by atoms with E-state index in [0.717, 1.165) is 5.84 Å². The SMILES string of the molecule is CC(C)(C)N=C(N)C1(C)CCCS1. The lowest BCUT2D eigenvalue weighted by atomic mass is 10.0. The predicted octanol–water partition coefficient (Wildman–Crippen LogP) is 2.43. The lowest BCUT2D eigenvalue weighted by Gasteiger charge is -2.25. The molecule has 1 unspecified atom stereocenters. The lowest BCUT2D eigenvalue weighted by molar-refractivity contribution is 0.574. The largest absolute Gasteiger partial charge is 0.386 e. The molecule has 1 heterocycles. The minimum atomic E-state index is -0.0454. The van der Waals surface area contributed by atoms with E-state index >= 15 is 0 Å². The van der Waals surface area contributed by atoms with E-state index in [1.807, 2.05) is 11.8 Å². The minimum Gasteiger partial charge on any atom is -0.386 e. The lowest BCUT2D eigenvalue weighted by Crippen LogP contribution is -2.38. The normalized spacial score (nSPS) is 30.9. The topological polar surface area (TPSA) is 38.4 Å². The zero-order valence-corrected chi connectivity index (χ0v) is 9.87. The second-order valence-electron chi connectivity index (χ2n) is 4.85. The van der Waals surface area contributed by atoms with Crippen molar-refractivity contribution >= 4 is 17.6 Å². The van der Waals surface area contributed by atoms with Crippen LogP contribution in [0.3, 0.4) is 0 Å². The summed E-state index contributed by atoms with van der Waals surface area (Å²) in [6.07, 6.45) is 2.44. The van der Waals surface area contributed by atoms with Gasteiger partial charge < -0.3 is 5.73 Å². The number of nitrogens with two attached hydrogens (primary N) is 1. The van der Waals surface area contributed by atoms with Gasteiger partial charge in [-0.15, -0.1) is 11.8 Å². The highest BCUT2D eigenvalue weighted by Crippen LogP contribution is 2.38. The molecule has 0 aromatic rings. The summed E-state index contributed by atoms with van der Waals surface area (Å²) in [5.74, 6) is 2.04. The standard InChI is InChI=1S/C10H20N2S/c1-9(2,3)12-8(11)10(4)6-5-7-13-10/h5-7H2,1-4H3,(H2,11,12). The van der Waals surface area contributed by atoms with Gasteiger partial charge in [0.15, 0.2) is 0 Å². The van der Waals surface area contributed by atoms with E-state index in [4.69, 9.17) is 5.73 Å². The second kappa shape index (κ2) is 3.52. The van der Waals surface area contributed by atoms with E-state index in [-0.39, 0.29) is 10.3 Å².